The highest BCUT2D eigenvalue weighted by Crippen LogP contribution is 2.07. The van der Waals surface area contributed by atoms with E-state index in [1.165, 1.54) is 25.3 Å². The molecule has 6 nitrogen and oxygen atoms in total. The lowest BCUT2D eigenvalue weighted by Gasteiger charge is -2.18. The monoisotopic (exact) mass is 359 g/mol. The summed E-state index contributed by atoms with van der Waals surface area (Å²) in [6.07, 6.45) is 6.06. The highest BCUT2D eigenvalue weighted by atomic mass is 16.5. The average Bonchev–Trinajstić information content (AvgIpc) is 2.63. The van der Waals surface area contributed by atoms with Crippen molar-refractivity contribution in [2.45, 2.75) is 26.3 Å². The number of esters is 2. The van der Waals surface area contributed by atoms with Crippen LogP contribution in [0.4, 0.5) is 0 Å². The molecule has 1 atom stereocenters. The predicted molar refractivity (Wildman–Crippen MR) is 99.0 cm³/mol. The SMILES string of the molecule is COC(=O)/C=C/COC(=O)[C@H](CC(C)C)NC(=O)/C=C/c1ccccc1. The van der Waals surface area contributed by atoms with Crippen LogP contribution in [-0.2, 0) is 23.9 Å². The van der Waals surface area contributed by atoms with Gasteiger partial charge >= 0.3 is 11.9 Å². The highest BCUT2D eigenvalue weighted by molar-refractivity contribution is 5.94. The molecule has 0 spiro atoms. The first kappa shape index (κ1) is 21.2. The normalized spacial score (nSPS) is 12.3. The second-order valence-electron chi connectivity index (χ2n) is 5.99. The Bertz CT molecular complexity index is 649. The minimum absolute atomic E-state index is 0.0712. The number of amides is 1. The van der Waals surface area contributed by atoms with E-state index in [9.17, 15) is 14.4 Å². The molecule has 1 amide bonds. The molecule has 0 saturated heterocycles. The molecule has 0 fully saturated rings. The average molecular weight is 359 g/mol. The van der Waals surface area contributed by atoms with Crippen molar-refractivity contribution in [1.29, 1.82) is 0 Å². The van der Waals surface area contributed by atoms with Gasteiger partial charge in [-0.15, -0.1) is 0 Å². The number of benzene rings is 1. The Labute approximate surface area is 153 Å². The fourth-order valence-electron chi connectivity index (χ4n) is 2.08. The molecule has 0 unspecified atom stereocenters. The molecule has 0 aliphatic rings. The quantitative estimate of drug-likeness (QED) is 0.541. The minimum atomic E-state index is -0.755. The van der Waals surface area contributed by atoms with Gasteiger partial charge in [-0.2, -0.15) is 0 Å². The molecule has 1 N–H and O–H groups in total. The summed E-state index contributed by atoms with van der Waals surface area (Å²) in [7, 11) is 1.26. The lowest BCUT2D eigenvalue weighted by atomic mass is 10.0. The molecule has 0 aromatic heterocycles. The number of carbonyl (C=O) groups excluding carboxylic acids is 3. The molecule has 26 heavy (non-hydrogen) atoms. The van der Waals surface area contributed by atoms with Gasteiger partial charge in [-0.1, -0.05) is 44.2 Å². The van der Waals surface area contributed by atoms with E-state index < -0.39 is 18.0 Å². The van der Waals surface area contributed by atoms with E-state index in [4.69, 9.17) is 4.74 Å². The minimum Gasteiger partial charge on any atom is -0.466 e. The summed E-state index contributed by atoms with van der Waals surface area (Å²) < 4.78 is 9.53. The summed E-state index contributed by atoms with van der Waals surface area (Å²) in [5.41, 5.74) is 0.888. The van der Waals surface area contributed by atoms with Crippen molar-refractivity contribution in [1.82, 2.24) is 5.32 Å². The summed E-state index contributed by atoms with van der Waals surface area (Å²) in [5.74, 6) is -1.26. The first-order valence-corrected chi connectivity index (χ1v) is 8.37. The molecule has 0 radical (unpaired) electrons. The van der Waals surface area contributed by atoms with Gasteiger partial charge in [-0.3, -0.25) is 4.79 Å². The maximum Gasteiger partial charge on any atom is 0.330 e. The van der Waals surface area contributed by atoms with E-state index in [0.717, 1.165) is 5.56 Å². The Morgan fingerprint density at radius 3 is 2.42 bits per heavy atom. The second-order valence-corrected chi connectivity index (χ2v) is 5.99. The number of hydrogen-bond donors (Lipinski definition) is 1. The number of carbonyl (C=O) groups is 3. The zero-order chi connectivity index (χ0) is 19.4. The van der Waals surface area contributed by atoms with Crippen molar-refractivity contribution in [3.8, 4) is 0 Å². The third kappa shape index (κ3) is 8.82. The van der Waals surface area contributed by atoms with Crippen molar-refractivity contribution >= 4 is 23.9 Å². The molecule has 6 heteroatoms. The van der Waals surface area contributed by atoms with Gasteiger partial charge in [0.25, 0.3) is 0 Å². The van der Waals surface area contributed by atoms with E-state index >= 15 is 0 Å². The van der Waals surface area contributed by atoms with Gasteiger partial charge in [0, 0.05) is 12.2 Å². The third-order valence-electron chi connectivity index (χ3n) is 3.31. The molecule has 0 aliphatic carbocycles. The van der Waals surface area contributed by atoms with Crippen molar-refractivity contribution in [2.24, 2.45) is 5.92 Å². The van der Waals surface area contributed by atoms with Crippen LogP contribution in [-0.4, -0.2) is 37.6 Å². The van der Waals surface area contributed by atoms with Crippen LogP contribution in [0.25, 0.3) is 6.08 Å². The predicted octanol–water partition coefficient (Wildman–Crippen LogP) is 2.50. The zero-order valence-corrected chi connectivity index (χ0v) is 15.3. The van der Waals surface area contributed by atoms with Crippen LogP contribution in [0.2, 0.25) is 0 Å². The number of rotatable bonds is 9. The van der Waals surface area contributed by atoms with Gasteiger partial charge in [-0.25, -0.2) is 9.59 Å². The van der Waals surface area contributed by atoms with Gasteiger partial charge in [0.05, 0.1) is 7.11 Å². The van der Waals surface area contributed by atoms with E-state index in [1.807, 2.05) is 44.2 Å². The first-order chi connectivity index (χ1) is 12.4. The van der Waals surface area contributed by atoms with Crippen LogP contribution in [0.3, 0.4) is 0 Å². The van der Waals surface area contributed by atoms with E-state index in [-0.39, 0.29) is 18.4 Å². The summed E-state index contributed by atoms with van der Waals surface area (Å²) in [6, 6.07) is 8.63. The molecule has 0 heterocycles. The number of methoxy groups -OCH3 is 1. The van der Waals surface area contributed by atoms with Gasteiger partial charge in [0.15, 0.2) is 0 Å². The number of ether oxygens (including phenoxy) is 2. The molecular formula is C20H25NO5. The lowest BCUT2D eigenvalue weighted by molar-refractivity contribution is -0.147. The molecule has 1 aromatic rings. The topological polar surface area (TPSA) is 81.7 Å². The van der Waals surface area contributed by atoms with Crippen LogP contribution in [0, 0.1) is 5.92 Å². The summed E-state index contributed by atoms with van der Waals surface area (Å²) in [4.78, 5) is 35.2. The van der Waals surface area contributed by atoms with E-state index in [2.05, 4.69) is 10.1 Å². The Morgan fingerprint density at radius 2 is 1.81 bits per heavy atom. The Morgan fingerprint density at radius 1 is 1.12 bits per heavy atom. The second kappa shape index (κ2) is 11.6. The van der Waals surface area contributed by atoms with Gasteiger partial charge < -0.3 is 14.8 Å². The maximum absolute atomic E-state index is 12.2. The summed E-state index contributed by atoms with van der Waals surface area (Å²) >= 11 is 0. The van der Waals surface area contributed by atoms with E-state index in [1.54, 1.807) is 6.08 Å². The lowest BCUT2D eigenvalue weighted by Crippen LogP contribution is -2.42. The first-order valence-electron chi connectivity index (χ1n) is 8.37. The van der Waals surface area contributed by atoms with Crippen LogP contribution in [0.1, 0.15) is 25.8 Å². The fraction of sp³-hybridized carbons (Fsp3) is 0.350. The maximum atomic E-state index is 12.2. The Kier molecular flexibility index (Phi) is 9.46. The molecule has 0 aliphatic heterocycles. The molecule has 140 valence electrons. The van der Waals surface area contributed by atoms with Gasteiger partial charge in [0.2, 0.25) is 5.91 Å². The van der Waals surface area contributed by atoms with Crippen molar-refractivity contribution < 1.29 is 23.9 Å². The smallest absolute Gasteiger partial charge is 0.330 e. The molecular weight excluding hydrogens is 334 g/mol. The summed E-state index contributed by atoms with van der Waals surface area (Å²) in [5, 5.41) is 2.66. The largest absolute Gasteiger partial charge is 0.466 e. The number of nitrogens with one attached hydrogen (secondary N) is 1. The van der Waals surface area contributed by atoms with Gasteiger partial charge in [-0.05, 0) is 30.1 Å². The van der Waals surface area contributed by atoms with Crippen molar-refractivity contribution in [3.05, 3.63) is 54.1 Å². The zero-order valence-electron chi connectivity index (χ0n) is 15.3. The van der Waals surface area contributed by atoms with Crippen molar-refractivity contribution in [3.63, 3.8) is 0 Å². The van der Waals surface area contributed by atoms with Crippen molar-refractivity contribution in [2.75, 3.05) is 13.7 Å². The van der Waals surface area contributed by atoms with E-state index in [0.29, 0.717) is 6.42 Å². The molecule has 0 bridgehead atoms. The van der Waals surface area contributed by atoms with Crippen LogP contribution >= 0.6 is 0 Å². The fourth-order valence-corrected chi connectivity index (χ4v) is 2.08. The molecule has 1 aromatic carbocycles. The highest BCUT2D eigenvalue weighted by Gasteiger charge is 2.22. The Balaban J connectivity index is 2.60. The van der Waals surface area contributed by atoms with Crippen LogP contribution < -0.4 is 5.32 Å². The van der Waals surface area contributed by atoms with Gasteiger partial charge in [0.1, 0.15) is 12.6 Å². The third-order valence-corrected chi connectivity index (χ3v) is 3.31. The number of hydrogen-bond acceptors (Lipinski definition) is 5. The van der Waals surface area contributed by atoms with Crippen LogP contribution in [0.5, 0.6) is 0 Å². The summed E-state index contributed by atoms with van der Waals surface area (Å²) in [6.45, 7) is 3.82. The van der Waals surface area contributed by atoms with Crippen LogP contribution in [0.15, 0.2) is 48.6 Å². The molecule has 1 rings (SSSR count). The standard InChI is InChI=1S/C20H25NO5/c1-15(2)14-17(20(24)26-13-7-10-19(23)25-3)21-18(22)12-11-16-8-5-4-6-9-16/h4-12,15,17H,13-14H2,1-3H3,(H,21,22)/b10-7+,12-11+/t17-/m0/s1. The molecule has 0 saturated carbocycles. The Hall–Kier alpha value is -2.89.